The third-order valence-electron chi connectivity index (χ3n) is 3.85. The van der Waals surface area contributed by atoms with Gasteiger partial charge in [-0.05, 0) is 23.8 Å². The molecule has 3 aromatic heterocycles. The molecular formula is C15H8F5N5O. The van der Waals surface area contributed by atoms with Crippen LogP contribution in [0.4, 0.5) is 22.0 Å². The summed E-state index contributed by atoms with van der Waals surface area (Å²) < 4.78 is 65.2. The van der Waals surface area contributed by atoms with Gasteiger partial charge in [-0.25, -0.2) is 9.78 Å². The Morgan fingerprint density at radius 1 is 1.12 bits per heavy atom. The number of aromatic amines is 2. The van der Waals surface area contributed by atoms with E-state index in [9.17, 15) is 26.7 Å². The molecule has 4 rings (SSSR count). The largest absolute Gasteiger partial charge is 0.433 e. The molecule has 0 radical (unpaired) electrons. The van der Waals surface area contributed by atoms with E-state index in [2.05, 4.69) is 20.1 Å². The molecule has 0 atom stereocenters. The van der Waals surface area contributed by atoms with Crippen molar-refractivity contribution in [2.45, 2.75) is 12.7 Å². The van der Waals surface area contributed by atoms with Crippen LogP contribution in [-0.2, 0) is 6.18 Å². The SMILES string of the molecule is O=c1[nH]c2cc3cc(-c4cnn(C(F)F)c4C(F)(F)F)ccc3nc2[nH]1. The maximum Gasteiger partial charge on any atom is 0.433 e. The van der Waals surface area contributed by atoms with Gasteiger partial charge in [-0.1, -0.05) is 6.07 Å². The van der Waals surface area contributed by atoms with Gasteiger partial charge in [0.15, 0.2) is 11.3 Å². The van der Waals surface area contributed by atoms with E-state index in [1.54, 1.807) is 0 Å². The Labute approximate surface area is 140 Å². The normalized spacial score (nSPS) is 12.5. The quantitative estimate of drug-likeness (QED) is 0.529. The summed E-state index contributed by atoms with van der Waals surface area (Å²) in [4.78, 5) is 20.5. The molecule has 26 heavy (non-hydrogen) atoms. The number of fused-ring (bicyclic) bond motifs is 2. The molecule has 0 saturated carbocycles. The number of nitrogens with zero attached hydrogens (tertiary/aromatic N) is 3. The third-order valence-corrected chi connectivity index (χ3v) is 3.85. The average molecular weight is 369 g/mol. The average Bonchev–Trinajstić information content (AvgIpc) is 3.14. The van der Waals surface area contributed by atoms with Crippen molar-refractivity contribution in [3.8, 4) is 11.1 Å². The molecule has 0 saturated heterocycles. The molecule has 134 valence electrons. The van der Waals surface area contributed by atoms with Crippen LogP contribution >= 0.6 is 0 Å². The standard InChI is InChI=1S/C15H8F5N5O/c16-13(17)25-11(15(18,19)20)8(5-21-25)6-1-2-9-7(3-6)4-10-12(22-9)24-14(26)23-10/h1-5,13H,(H2,22,23,24,26). The van der Waals surface area contributed by atoms with Gasteiger partial charge in [0.1, 0.15) is 0 Å². The molecule has 0 spiro atoms. The lowest BCUT2D eigenvalue weighted by atomic mass is 10.0. The van der Waals surface area contributed by atoms with Gasteiger partial charge in [0, 0.05) is 10.9 Å². The first-order valence-corrected chi connectivity index (χ1v) is 7.20. The third kappa shape index (κ3) is 2.52. The molecule has 1 aromatic carbocycles. The van der Waals surface area contributed by atoms with Gasteiger partial charge in [-0.15, -0.1) is 0 Å². The number of alkyl halides is 5. The van der Waals surface area contributed by atoms with Gasteiger partial charge >= 0.3 is 18.4 Å². The number of nitrogens with one attached hydrogen (secondary N) is 2. The van der Waals surface area contributed by atoms with Crippen molar-refractivity contribution in [3.05, 3.63) is 46.6 Å². The number of benzene rings is 1. The second-order valence-corrected chi connectivity index (χ2v) is 5.50. The van der Waals surface area contributed by atoms with Crippen molar-refractivity contribution in [3.63, 3.8) is 0 Å². The van der Waals surface area contributed by atoms with Gasteiger partial charge in [0.25, 0.3) is 0 Å². The predicted molar refractivity (Wildman–Crippen MR) is 81.7 cm³/mol. The number of hydrogen-bond donors (Lipinski definition) is 2. The Morgan fingerprint density at radius 3 is 2.58 bits per heavy atom. The summed E-state index contributed by atoms with van der Waals surface area (Å²) in [6, 6.07) is 5.67. The van der Waals surface area contributed by atoms with Crippen molar-refractivity contribution in [1.29, 1.82) is 0 Å². The Kier molecular flexibility index (Phi) is 3.36. The van der Waals surface area contributed by atoms with Crippen molar-refractivity contribution < 1.29 is 22.0 Å². The van der Waals surface area contributed by atoms with Gasteiger partial charge < -0.3 is 4.98 Å². The molecule has 0 unspecified atom stereocenters. The summed E-state index contributed by atoms with van der Waals surface area (Å²) >= 11 is 0. The Morgan fingerprint density at radius 2 is 1.88 bits per heavy atom. The minimum Gasteiger partial charge on any atom is -0.304 e. The van der Waals surface area contributed by atoms with Crippen LogP contribution < -0.4 is 5.69 Å². The van der Waals surface area contributed by atoms with Gasteiger partial charge in [-0.2, -0.15) is 31.7 Å². The fourth-order valence-electron chi connectivity index (χ4n) is 2.80. The van der Waals surface area contributed by atoms with Crippen LogP contribution in [0.15, 0.2) is 35.3 Å². The summed E-state index contributed by atoms with van der Waals surface area (Å²) in [7, 11) is 0. The van der Waals surface area contributed by atoms with E-state index in [1.807, 2.05) is 0 Å². The van der Waals surface area contributed by atoms with Crippen molar-refractivity contribution >= 4 is 22.1 Å². The molecule has 0 amide bonds. The highest BCUT2D eigenvalue weighted by atomic mass is 19.4. The monoisotopic (exact) mass is 369 g/mol. The van der Waals surface area contributed by atoms with E-state index in [1.165, 1.54) is 24.3 Å². The summed E-state index contributed by atoms with van der Waals surface area (Å²) in [5.74, 6) is 0. The van der Waals surface area contributed by atoms with E-state index in [-0.39, 0.29) is 10.2 Å². The highest BCUT2D eigenvalue weighted by Crippen LogP contribution is 2.39. The lowest BCUT2D eigenvalue weighted by Gasteiger charge is -2.12. The number of aromatic nitrogens is 5. The first-order chi connectivity index (χ1) is 12.2. The van der Waals surface area contributed by atoms with Crippen molar-refractivity contribution in [1.82, 2.24) is 24.7 Å². The Balaban J connectivity index is 1.94. The molecule has 2 N–H and O–H groups in total. The predicted octanol–water partition coefficient (Wildman–Crippen LogP) is 3.68. The number of pyridine rings is 1. The number of H-pyrrole nitrogens is 2. The molecule has 4 aromatic rings. The molecule has 11 heteroatoms. The maximum atomic E-state index is 13.3. The summed E-state index contributed by atoms with van der Waals surface area (Å²) in [5.41, 5.74) is -1.32. The smallest absolute Gasteiger partial charge is 0.304 e. The van der Waals surface area contributed by atoms with Crippen LogP contribution in [0.3, 0.4) is 0 Å². The minimum atomic E-state index is -5.01. The molecule has 0 aliphatic heterocycles. The van der Waals surface area contributed by atoms with E-state index >= 15 is 0 Å². The fourth-order valence-corrected chi connectivity index (χ4v) is 2.80. The van der Waals surface area contributed by atoms with Crippen LogP contribution in [0, 0.1) is 0 Å². The molecular weight excluding hydrogens is 361 g/mol. The van der Waals surface area contributed by atoms with Crippen LogP contribution in [-0.4, -0.2) is 24.7 Å². The van der Waals surface area contributed by atoms with Crippen LogP contribution in [0.5, 0.6) is 0 Å². The van der Waals surface area contributed by atoms with Crippen molar-refractivity contribution in [2.75, 3.05) is 0 Å². The number of hydrogen-bond acceptors (Lipinski definition) is 3. The van der Waals surface area contributed by atoms with Gasteiger partial charge in [0.05, 0.1) is 17.2 Å². The first-order valence-electron chi connectivity index (χ1n) is 7.20. The van der Waals surface area contributed by atoms with Crippen LogP contribution in [0.25, 0.3) is 33.2 Å². The van der Waals surface area contributed by atoms with Crippen LogP contribution in [0.1, 0.15) is 12.2 Å². The zero-order chi connectivity index (χ0) is 18.6. The second kappa shape index (κ2) is 5.38. The zero-order valence-electron chi connectivity index (χ0n) is 12.6. The Bertz CT molecular complexity index is 1190. The summed E-state index contributed by atoms with van der Waals surface area (Å²) in [6.07, 6.45) is -4.26. The van der Waals surface area contributed by atoms with Gasteiger partial charge in [-0.3, -0.25) is 4.98 Å². The molecule has 0 aliphatic carbocycles. The highest BCUT2D eigenvalue weighted by Gasteiger charge is 2.40. The summed E-state index contributed by atoms with van der Waals surface area (Å²) in [6.45, 7) is -3.42. The molecule has 0 fully saturated rings. The molecule has 6 nitrogen and oxygen atoms in total. The molecule has 0 aliphatic rings. The first kappa shape index (κ1) is 16.2. The molecule has 0 bridgehead atoms. The number of rotatable bonds is 2. The summed E-state index contributed by atoms with van der Waals surface area (Å²) in [5, 5.41) is 3.60. The maximum absolute atomic E-state index is 13.3. The second-order valence-electron chi connectivity index (χ2n) is 5.50. The fraction of sp³-hybridized carbons (Fsp3) is 0.133. The van der Waals surface area contributed by atoms with E-state index < -0.39 is 29.7 Å². The Hall–Kier alpha value is -3.24. The lowest BCUT2D eigenvalue weighted by Crippen LogP contribution is -2.16. The zero-order valence-corrected chi connectivity index (χ0v) is 12.6. The minimum absolute atomic E-state index is 0.0516. The topological polar surface area (TPSA) is 79.4 Å². The van der Waals surface area contributed by atoms with E-state index in [0.29, 0.717) is 22.1 Å². The lowest BCUT2D eigenvalue weighted by molar-refractivity contribution is -0.149. The van der Waals surface area contributed by atoms with Gasteiger partial charge in [0.2, 0.25) is 0 Å². The number of halogens is 5. The number of imidazole rings is 1. The van der Waals surface area contributed by atoms with E-state index in [0.717, 1.165) is 6.20 Å². The van der Waals surface area contributed by atoms with Crippen LogP contribution in [0.2, 0.25) is 0 Å². The van der Waals surface area contributed by atoms with E-state index in [4.69, 9.17) is 0 Å². The highest BCUT2D eigenvalue weighted by molar-refractivity contribution is 5.92. The van der Waals surface area contributed by atoms with Crippen molar-refractivity contribution in [2.24, 2.45) is 0 Å². The molecule has 3 heterocycles.